The second-order valence-corrected chi connectivity index (χ2v) is 10.7. The van der Waals surface area contributed by atoms with Crippen LogP contribution in [0.3, 0.4) is 0 Å². The number of fused-ring (bicyclic) bond motifs is 3. The van der Waals surface area contributed by atoms with Gasteiger partial charge in [-0.3, -0.25) is 0 Å². The molecule has 0 nitrogen and oxygen atoms in total. The van der Waals surface area contributed by atoms with Crippen LogP contribution in [0.2, 0.25) is 0 Å². The first kappa shape index (κ1) is 25.7. The molecule has 0 heterocycles. The van der Waals surface area contributed by atoms with Crippen molar-refractivity contribution >= 4 is 32.3 Å². The Labute approximate surface area is 247 Å². The molecule has 0 saturated heterocycles. The molecule has 7 rings (SSSR count). The fourth-order valence-corrected chi connectivity index (χ4v) is 6.53. The summed E-state index contributed by atoms with van der Waals surface area (Å²) in [7, 11) is 0. The van der Waals surface area contributed by atoms with E-state index in [2.05, 4.69) is 171 Å². The highest BCUT2D eigenvalue weighted by molar-refractivity contribution is 6.30. The summed E-state index contributed by atoms with van der Waals surface area (Å²) in [5.41, 5.74) is 8.98. The van der Waals surface area contributed by atoms with Gasteiger partial charge in [-0.1, -0.05) is 164 Å². The summed E-state index contributed by atoms with van der Waals surface area (Å²) in [6.07, 6.45) is 9.51. The molecule has 0 unspecified atom stereocenters. The van der Waals surface area contributed by atoms with Crippen molar-refractivity contribution in [3.05, 3.63) is 169 Å². The lowest BCUT2D eigenvalue weighted by Gasteiger charge is -2.24. The van der Waals surface area contributed by atoms with Crippen molar-refractivity contribution in [1.29, 1.82) is 0 Å². The zero-order valence-corrected chi connectivity index (χ0v) is 23.8. The van der Waals surface area contributed by atoms with Gasteiger partial charge in [0, 0.05) is 0 Å². The van der Waals surface area contributed by atoms with Crippen molar-refractivity contribution in [3.63, 3.8) is 0 Å². The van der Waals surface area contributed by atoms with Gasteiger partial charge in [-0.25, -0.2) is 0 Å². The second-order valence-electron chi connectivity index (χ2n) is 10.7. The van der Waals surface area contributed by atoms with Gasteiger partial charge in [0.2, 0.25) is 0 Å². The Morgan fingerprint density at radius 2 is 0.786 bits per heavy atom. The molecule has 0 atom stereocenters. The minimum absolute atomic E-state index is 0.836. The number of benzene rings is 7. The van der Waals surface area contributed by atoms with Gasteiger partial charge >= 0.3 is 0 Å². The average molecular weight is 537 g/mol. The van der Waals surface area contributed by atoms with E-state index in [-0.39, 0.29) is 0 Å². The van der Waals surface area contributed by atoms with Crippen LogP contribution in [-0.2, 0) is 6.42 Å². The Kier molecular flexibility index (Phi) is 6.96. The third-order valence-electron chi connectivity index (χ3n) is 8.24. The largest absolute Gasteiger partial charge is 0.0877 e. The van der Waals surface area contributed by atoms with Crippen LogP contribution < -0.4 is 0 Å². The molecule has 0 bridgehead atoms. The van der Waals surface area contributed by atoms with E-state index < -0.39 is 0 Å². The second kappa shape index (κ2) is 11.4. The van der Waals surface area contributed by atoms with Crippen molar-refractivity contribution in [1.82, 2.24) is 0 Å². The molecular weight excluding hydrogens is 504 g/mol. The molecule has 0 radical (unpaired) electrons. The normalized spacial score (nSPS) is 11.8. The Hall–Kier alpha value is -5.20. The van der Waals surface area contributed by atoms with Gasteiger partial charge in [0.25, 0.3) is 0 Å². The highest BCUT2D eigenvalue weighted by Crippen LogP contribution is 2.51. The van der Waals surface area contributed by atoms with E-state index in [1.165, 1.54) is 71.3 Å². The number of hydrogen-bond donors (Lipinski definition) is 0. The fraction of sp³-hybridized carbons (Fsp3) is 0.0476. The summed E-state index contributed by atoms with van der Waals surface area (Å²) in [4.78, 5) is 0. The van der Waals surface area contributed by atoms with Crippen molar-refractivity contribution in [3.8, 4) is 33.4 Å². The van der Waals surface area contributed by atoms with Crippen molar-refractivity contribution < 1.29 is 0 Å². The Balaban J connectivity index is 1.82. The minimum atomic E-state index is 0.836. The summed E-state index contributed by atoms with van der Waals surface area (Å²) in [5.74, 6) is 0. The number of hydrogen-bond acceptors (Lipinski definition) is 0. The minimum Gasteiger partial charge on any atom is -0.0877 e. The van der Waals surface area contributed by atoms with Gasteiger partial charge in [-0.2, -0.15) is 0 Å². The Morgan fingerprint density at radius 3 is 1.24 bits per heavy atom. The summed E-state index contributed by atoms with van der Waals surface area (Å²) < 4.78 is 0. The molecule has 7 aromatic rings. The molecule has 0 amide bonds. The van der Waals surface area contributed by atoms with Gasteiger partial charge in [0.15, 0.2) is 0 Å². The molecular formula is C42H32. The van der Waals surface area contributed by atoms with Crippen LogP contribution in [0.5, 0.6) is 0 Å². The Morgan fingerprint density at radius 1 is 0.405 bits per heavy atom. The quantitative estimate of drug-likeness (QED) is 0.146. The molecule has 0 aliphatic rings. The molecule has 0 aromatic heterocycles. The van der Waals surface area contributed by atoms with Gasteiger partial charge < -0.3 is 0 Å². The lowest BCUT2D eigenvalue weighted by Crippen LogP contribution is -1.99. The van der Waals surface area contributed by atoms with Crippen molar-refractivity contribution in [2.24, 2.45) is 0 Å². The van der Waals surface area contributed by atoms with Gasteiger partial charge in [-0.05, 0) is 84.6 Å². The van der Waals surface area contributed by atoms with E-state index in [9.17, 15) is 0 Å². The van der Waals surface area contributed by atoms with Crippen LogP contribution in [0.1, 0.15) is 12.5 Å². The molecule has 7 aromatic carbocycles. The van der Waals surface area contributed by atoms with Crippen LogP contribution in [-0.4, -0.2) is 0 Å². The SMILES string of the molecule is C/C=C\C=C/Cc1c2ccccc2c(-c2ccccc2)c2c(-c3ccccc3)c3ccccc3c(-c3ccccc3)c12. The molecule has 0 spiro atoms. The van der Waals surface area contributed by atoms with E-state index >= 15 is 0 Å². The molecule has 0 saturated carbocycles. The first-order chi connectivity index (χ1) is 20.9. The monoisotopic (exact) mass is 536 g/mol. The van der Waals surface area contributed by atoms with Crippen LogP contribution in [0.4, 0.5) is 0 Å². The molecule has 0 fully saturated rings. The zero-order valence-electron chi connectivity index (χ0n) is 23.8. The van der Waals surface area contributed by atoms with Gasteiger partial charge in [0.1, 0.15) is 0 Å². The molecule has 200 valence electrons. The lowest BCUT2D eigenvalue weighted by atomic mass is 9.78. The fourth-order valence-electron chi connectivity index (χ4n) is 6.53. The van der Waals surface area contributed by atoms with E-state index in [0.717, 1.165) is 6.42 Å². The van der Waals surface area contributed by atoms with E-state index in [1.54, 1.807) is 0 Å². The smallest absolute Gasteiger partial charge is 0.000475 e. The maximum Gasteiger partial charge on any atom is -0.000475 e. The van der Waals surface area contributed by atoms with Crippen LogP contribution in [0.15, 0.2) is 164 Å². The predicted octanol–water partition coefficient (Wildman–Crippen LogP) is 11.8. The number of rotatable bonds is 6. The molecule has 0 aliphatic heterocycles. The summed E-state index contributed by atoms with van der Waals surface area (Å²) >= 11 is 0. The number of allylic oxidation sites excluding steroid dienone is 4. The lowest BCUT2D eigenvalue weighted by molar-refractivity contribution is 1.33. The topological polar surface area (TPSA) is 0 Å². The maximum atomic E-state index is 2.31. The van der Waals surface area contributed by atoms with Crippen molar-refractivity contribution in [2.75, 3.05) is 0 Å². The molecule has 0 aliphatic carbocycles. The first-order valence-electron chi connectivity index (χ1n) is 14.7. The summed E-state index contributed by atoms with van der Waals surface area (Å²) in [6.45, 7) is 2.07. The highest BCUT2D eigenvalue weighted by atomic mass is 14.3. The van der Waals surface area contributed by atoms with Crippen LogP contribution in [0.25, 0.3) is 65.7 Å². The standard InChI is InChI=1S/C42H32/c1-2-3-4-14-26-35-33-25-15-16-27-34(33)39(31-21-10-6-11-22-31)42-40(32-23-12-7-13-24-32)37-29-18-17-28-36(37)38(41(35)42)30-19-8-5-9-20-30/h2-25,27-29H,26H2,1H3/b3-2-,14-4-. The third-order valence-corrected chi connectivity index (χ3v) is 8.24. The van der Waals surface area contributed by atoms with E-state index in [0.29, 0.717) is 0 Å². The zero-order chi connectivity index (χ0) is 28.3. The van der Waals surface area contributed by atoms with Crippen molar-refractivity contribution in [2.45, 2.75) is 13.3 Å². The van der Waals surface area contributed by atoms with E-state index in [4.69, 9.17) is 0 Å². The average Bonchev–Trinajstić information content (AvgIpc) is 3.06. The summed E-state index contributed by atoms with van der Waals surface area (Å²) in [5, 5.41) is 7.80. The first-order valence-corrected chi connectivity index (χ1v) is 14.7. The summed E-state index contributed by atoms with van der Waals surface area (Å²) in [6, 6.07) is 50.8. The molecule has 42 heavy (non-hydrogen) atoms. The van der Waals surface area contributed by atoms with Gasteiger partial charge in [-0.15, -0.1) is 0 Å². The van der Waals surface area contributed by atoms with Crippen LogP contribution in [0, 0.1) is 0 Å². The molecule has 0 N–H and O–H groups in total. The van der Waals surface area contributed by atoms with Crippen LogP contribution >= 0.6 is 0 Å². The predicted molar refractivity (Wildman–Crippen MR) is 183 cm³/mol. The van der Waals surface area contributed by atoms with E-state index in [1.807, 2.05) is 0 Å². The Bertz CT molecular complexity index is 2030. The maximum absolute atomic E-state index is 2.31. The highest BCUT2D eigenvalue weighted by Gasteiger charge is 2.24. The van der Waals surface area contributed by atoms with Gasteiger partial charge in [0.05, 0.1) is 0 Å². The molecule has 0 heteroatoms. The third kappa shape index (κ3) is 4.42.